The lowest BCUT2D eigenvalue weighted by Crippen LogP contribution is -2.48. The predicted molar refractivity (Wildman–Crippen MR) is 142 cm³/mol. The van der Waals surface area contributed by atoms with Gasteiger partial charge in [-0.1, -0.05) is 43.0 Å². The Labute approximate surface area is 223 Å². The highest BCUT2D eigenvalue weighted by Gasteiger charge is 2.36. The highest BCUT2D eigenvalue weighted by molar-refractivity contribution is 7.89. The number of benzene rings is 2. The molecule has 4 rings (SSSR count). The molecule has 200 valence electrons. The molecule has 0 spiro atoms. The van der Waals surface area contributed by atoms with Crippen LogP contribution in [0.1, 0.15) is 56.9 Å². The van der Waals surface area contributed by atoms with Crippen molar-refractivity contribution in [3.05, 3.63) is 59.1 Å². The minimum atomic E-state index is -3.98. The lowest BCUT2D eigenvalue weighted by Gasteiger charge is -2.29. The van der Waals surface area contributed by atoms with E-state index in [1.165, 1.54) is 35.0 Å². The lowest BCUT2D eigenvalue weighted by atomic mass is 9.95. The summed E-state index contributed by atoms with van der Waals surface area (Å²) in [4.78, 5) is 25.2. The molecular formula is C27H34ClN3O5S. The summed E-state index contributed by atoms with van der Waals surface area (Å²) < 4.78 is 34.2. The first-order chi connectivity index (χ1) is 17.8. The van der Waals surface area contributed by atoms with E-state index in [-0.39, 0.29) is 35.9 Å². The molecule has 1 heterocycles. The van der Waals surface area contributed by atoms with Crippen LogP contribution in [0.3, 0.4) is 0 Å². The summed E-state index contributed by atoms with van der Waals surface area (Å²) in [5.74, 6) is 0.0800. The Bertz CT molecular complexity index is 1170. The van der Waals surface area contributed by atoms with E-state index in [1.807, 2.05) is 0 Å². The molecule has 2 aromatic rings. The van der Waals surface area contributed by atoms with Gasteiger partial charge in [-0.15, -0.1) is 0 Å². The Balaban J connectivity index is 1.45. The van der Waals surface area contributed by atoms with Crippen molar-refractivity contribution in [2.24, 2.45) is 0 Å². The number of carbonyl (C=O) groups excluding carboxylic acids is 2. The maximum absolute atomic E-state index is 13.6. The maximum atomic E-state index is 13.6. The average molecular weight is 548 g/mol. The molecule has 2 fully saturated rings. The van der Waals surface area contributed by atoms with Crippen LogP contribution in [0.2, 0.25) is 5.02 Å². The van der Waals surface area contributed by atoms with Gasteiger partial charge in [0.2, 0.25) is 15.9 Å². The number of rotatable bonds is 9. The van der Waals surface area contributed by atoms with Gasteiger partial charge >= 0.3 is 0 Å². The highest BCUT2D eigenvalue weighted by Crippen LogP contribution is 2.26. The summed E-state index contributed by atoms with van der Waals surface area (Å²) in [7, 11) is -3.98. The number of carbonyl (C=O) groups is 2. The monoisotopic (exact) mass is 547 g/mol. The van der Waals surface area contributed by atoms with Gasteiger partial charge < -0.3 is 15.4 Å². The largest absolute Gasteiger partial charge is 0.484 e. The second-order valence-electron chi connectivity index (χ2n) is 9.64. The van der Waals surface area contributed by atoms with E-state index in [1.54, 1.807) is 24.3 Å². The van der Waals surface area contributed by atoms with E-state index >= 15 is 0 Å². The fraction of sp³-hybridized carbons (Fsp3) is 0.481. The zero-order valence-electron chi connectivity index (χ0n) is 20.8. The molecule has 10 heteroatoms. The summed E-state index contributed by atoms with van der Waals surface area (Å²) in [6.07, 6.45) is 7.50. The second-order valence-corrected chi connectivity index (χ2v) is 12.0. The first-order valence-electron chi connectivity index (χ1n) is 12.9. The topological polar surface area (TPSA) is 105 Å². The molecule has 0 aromatic heterocycles. The van der Waals surface area contributed by atoms with Crippen LogP contribution in [0.4, 0.5) is 0 Å². The van der Waals surface area contributed by atoms with Crippen molar-refractivity contribution < 1.29 is 22.7 Å². The zero-order chi connectivity index (χ0) is 26.3. The zero-order valence-corrected chi connectivity index (χ0v) is 22.4. The molecule has 37 heavy (non-hydrogen) atoms. The molecule has 0 unspecified atom stereocenters. The summed E-state index contributed by atoms with van der Waals surface area (Å²) in [5.41, 5.74) is 0.702. The van der Waals surface area contributed by atoms with Crippen LogP contribution >= 0.6 is 11.6 Å². The van der Waals surface area contributed by atoms with Crippen LogP contribution in [0, 0.1) is 0 Å². The Kier molecular flexibility index (Phi) is 9.45. The van der Waals surface area contributed by atoms with Crippen LogP contribution in [0.25, 0.3) is 0 Å². The summed E-state index contributed by atoms with van der Waals surface area (Å²) in [5, 5.41) is 6.29. The van der Waals surface area contributed by atoms with Gasteiger partial charge in [0.1, 0.15) is 11.8 Å². The third kappa shape index (κ3) is 7.46. The third-order valence-corrected chi connectivity index (χ3v) is 9.00. The fourth-order valence-corrected chi connectivity index (χ4v) is 6.57. The average Bonchev–Trinajstić information content (AvgIpc) is 3.11. The van der Waals surface area contributed by atoms with Crippen LogP contribution in [-0.2, 0) is 26.2 Å². The Morgan fingerprint density at radius 2 is 1.65 bits per heavy atom. The summed E-state index contributed by atoms with van der Waals surface area (Å²) in [6, 6.07) is 12.3. The Morgan fingerprint density at radius 1 is 0.973 bits per heavy atom. The van der Waals surface area contributed by atoms with Gasteiger partial charge in [0.25, 0.3) is 5.91 Å². The molecule has 2 amide bonds. The summed E-state index contributed by atoms with van der Waals surface area (Å²) >= 11 is 5.96. The minimum Gasteiger partial charge on any atom is -0.484 e. The van der Waals surface area contributed by atoms with E-state index in [0.717, 1.165) is 38.5 Å². The van der Waals surface area contributed by atoms with Gasteiger partial charge in [0.05, 0.1) is 4.90 Å². The molecule has 0 radical (unpaired) electrons. The number of ether oxygens (including phenoxy) is 1. The van der Waals surface area contributed by atoms with Crippen LogP contribution in [0.15, 0.2) is 53.4 Å². The molecule has 1 atom stereocenters. The number of amides is 2. The van der Waals surface area contributed by atoms with Crippen molar-refractivity contribution in [2.45, 2.75) is 74.9 Å². The van der Waals surface area contributed by atoms with E-state index in [9.17, 15) is 18.0 Å². The van der Waals surface area contributed by atoms with Crippen LogP contribution in [0.5, 0.6) is 5.75 Å². The van der Waals surface area contributed by atoms with E-state index < -0.39 is 16.1 Å². The smallest absolute Gasteiger partial charge is 0.258 e. The second kappa shape index (κ2) is 12.8. The number of sulfonamides is 1. The Hall–Kier alpha value is -2.62. The molecule has 2 aromatic carbocycles. The van der Waals surface area contributed by atoms with Gasteiger partial charge in [0, 0.05) is 24.2 Å². The van der Waals surface area contributed by atoms with E-state index in [2.05, 4.69) is 10.6 Å². The summed E-state index contributed by atoms with van der Waals surface area (Å²) in [6.45, 7) is 0.477. The van der Waals surface area contributed by atoms with Crippen molar-refractivity contribution in [2.75, 3.05) is 13.2 Å². The number of hydrogen-bond acceptors (Lipinski definition) is 5. The first kappa shape index (κ1) is 27.4. The molecule has 1 aliphatic carbocycles. The van der Waals surface area contributed by atoms with Crippen molar-refractivity contribution >= 4 is 33.4 Å². The standard InChI is InChI=1S/C27H34ClN3O5S/c28-21-11-15-24(16-12-21)37(34,35)31(25-8-4-5-17-29-27(25)33)18-20-9-13-23(14-10-20)36-19-26(32)30-22-6-2-1-3-7-22/h9-16,22,25H,1-8,17-19H2,(H,29,33)(H,30,32)/t25-/m1/s1. The van der Waals surface area contributed by atoms with Gasteiger partial charge in [-0.25, -0.2) is 8.42 Å². The van der Waals surface area contributed by atoms with Crippen molar-refractivity contribution in [1.29, 1.82) is 0 Å². The predicted octanol–water partition coefficient (Wildman–Crippen LogP) is 4.03. The van der Waals surface area contributed by atoms with E-state index in [4.69, 9.17) is 16.3 Å². The lowest BCUT2D eigenvalue weighted by molar-refractivity contribution is -0.125. The molecule has 2 N–H and O–H groups in total. The van der Waals surface area contributed by atoms with Crippen molar-refractivity contribution in [1.82, 2.24) is 14.9 Å². The first-order valence-corrected chi connectivity index (χ1v) is 14.7. The normalized spacial score (nSPS) is 19.2. The number of nitrogens with one attached hydrogen (secondary N) is 2. The Morgan fingerprint density at radius 3 is 2.35 bits per heavy atom. The maximum Gasteiger partial charge on any atom is 0.258 e. The number of hydrogen-bond donors (Lipinski definition) is 2. The van der Waals surface area contributed by atoms with Gasteiger partial charge in [0.15, 0.2) is 6.61 Å². The highest BCUT2D eigenvalue weighted by atomic mass is 35.5. The number of halogens is 1. The van der Waals surface area contributed by atoms with Crippen molar-refractivity contribution in [3.8, 4) is 5.75 Å². The molecule has 1 saturated heterocycles. The quantitative estimate of drug-likeness (QED) is 0.493. The molecule has 0 bridgehead atoms. The SMILES string of the molecule is O=C(COc1ccc(CN([C@@H]2CCCCNC2=O)S(=O)(=O)c2ccc(Cl)cc2)cc1)NC1CCCCC1. The molecule has 1 saturated carbocycles. The molecule has 1 aliphatic heterocycles. The van der Waals surface area contributed by atoms with Gasteiger partial charge in [-0.2, -0.15) is 4.31 Å². The van der Waals surface area contributed by atoms with Crippen LogP contribution in [-0.4, -0.2) is 49.8 Å². The van der Waals surface area contributed by atoms with Crippen molar-refractivity contribution in [3.63, 3.8) is 0 Å². The number of nitrogens with zero attached hydrogens (tertiary/aromatic N) is 1. The molecular weight excluding hydrogens is 514 g/mol. The van der Waals surface area contributed by atoms with Crippen LogP contribution < -0.4 is 15.4 Å². The molecule has 2 aliphatic rings. The minimum absolute atomic E-state index is 0.0193. The van der Waals surface area contributed by atoms with Gasteiger partial charge in [-0.3, -0.25) is 9.59 Å². The van der Waals surface area contributed by atoms with Gasteiger partial charge in [-0.05, 0) is 74.1 Å². The third-order valence-electron chi connectivity index (χ3n) is 6.88. The molecule has 8 nitrogen and oxygen atoms in total. The fourth-order valence-electron chi connectivity index (χ4n) is 4.84. The van der Waals surface area contributed by atoms with E-state index in [0.29, 0.717) is 29.3 Å².